The molecule has 3 nitrogen and oxygen atoms in total. The van der Waals surface area contributed by atoms with Crippen LogP contribution in [-0.4, -0.2) is 17.6 Å². The van der Waals surface area contributed by atoms with Gasteiger partial charge in [-0.3, -0.25) is 0 Å². The monoisotopic (exact) mass is 267 g/mol. The van der Waals surface area contributed by atoms with Crippen LogP contribution in [0.1, 0.15) is 62.9 Å². The molecule has 2 rings (SSSR count). The van der Waals surface area contributed by atoms with E-state index in [4.69, 9.17) is 10.7 Å². The van der Waals surface area contributed by atoms with Crippen molar-refractivity contribution in [2.24, 2.45) is 5.73 Å². The van der Waals surface area contributed by atoms with E-state index in [1.54, 1.807) is 11.3 Å². The summed E-state index contributed by atoms with van der Waals surface area (Å²) in [7, 11) is 0. The summed E-state index contributed by atoms with van der Waals surface area (Å²) in [5.41, 5.74) is 7.06. The van der Waals surface area contributed by atoms with Gasteiger partial charge in [-0.15, -0.1) is 11.3 Å². The minimum absolute atomic E-state index is 0.471. The highest BCUT2D eigenvalue weighted by molar-refractivity contribution is 7.15. The Labute approximate surface area is 114 Å². The van der Waals surface area contributed by atoms with E-state index in [-0.39, 0.29) is 0 Å². The molecule has 1 aromatic heterocycles. The number of aromatic nitrogens is 1. The van der Waals surface area contributed by atoms with Gasteiger partial charge in [-0.05, 0) is 31.6 Å². The first kappa shape index (κ1) is 13.8. The number of hydrogen-bond acceptors (Lipinski definition) is 4. The summed E-state index contributed by atoms with van der Waals surface area (Å²) in [5, 5.41) is 1.20. The maximum atomic E-state index is 5.85. The fraction of sp³-hybridized carbons (Fsp3) is 0.786. The molecule has 4 heteroatoms. The summed E-state index contributed by atoms with van der Waals surface area (Å²) in [4.78, 5) is 8.64. The second-order valence-corrected chi connectivity index (χ2v) is 6.48. The molecule has 1 aliphatic heterocycles. The van der Waals surface area contributed by atoms with Crippen molar-refractivity contribution in [2.75, 3.05) is 11.4 Å². The predicted molar refractivity (Wildman–Crippen MR) is 79.4 cm³/mol. The lowest BCUT2D eigenvalue weighted by Gasteiger charge is -2.35. The van der Waals surface area contributed by atoms with Gasteiger partial charge in [0.1, 0.15) is 0 Å². The van der Waals surface area contributed by atoms with E-state index in [1.807, 2.05) is 0 Å². The average molecular weight is 267 g/mol. The molecule has 1 atom stereocenters. The number of piperidine rings is 1. The zero-order valence-electron chi connectivity index (χ0n) is 11.8. The number of anilines is 1. The van der Waals surface area contributed by atoms with E-state index >= 15 is 0 Å². The van der Waals surface area contributed by atoms with E-state index in [1.165, 1.54) is 41.4 Å². The number of rotatable bonds is 4. The molecule has 102 valence electrons. The van der Waals surface area contributed by atoms with Gasteiger partial charge in [-0.25, -0.2) is 4.98 Å². The fourth-order valence-corrected chi connectivity index (χ4v) is 3.94. The number of nitrogens with zero attached hydrogens (tertiary/aromatic N) is 2. The standard InChI is InChI=1S/C14H25N3S/c1-4-11-7-5-6-8-17(11)14-16-13(10(2)3)12(9-15)18-14/h10-11H,4-9,15H2,1-3H3. The highest BCUT2D eigenvalue weighted by Crippen LogP contribution is 2.34. The number of hydrogen-bond donors (Lipinski definition) is 1. The minimum Gasteiger partial charge on any atom is -0.345 e. The molecule has 0 saturated carbocycles. The smallest absolute Gasteiger partial charge is 0.186 e. The Hall–Kier alpha value is -0.610. The topological polar surface area (TPSA) is 42.2 Å². The van der Waals surface area contributed by atoms with Crippen molar-refractivity contribution in [1.82, 2.24) is 4.98 Å². The zero-order chi connectivity index (χ0) is 13.1. The Morgan fingerprint density at radius 2 is 2.22 bits per heavy atom. The summed E-state index contributed by atoms with van der Waals surface area (Å²) in [6, 6.07) is 0.676. The Bertz CT molecular complexity index is 386. The van der Waals surface area contributed by atoms with Gasteiger partial charge in [0, 0.05) is 24.0 Å². The van der Waals surface area contributed by atoms with Gasteiger partial charge in [0.2, 0.25) is 0 Å². The van der Waals surface area contributed by atoms with Crippen LogP contribution in [0.25, 0.3) is 0 Å². The molecular formula is C14H25N3S. The van der Waals surface area contributed by atoms with E-state index < -0.39 is 0 Å². The highest BCUT2D eigenvalue weighted by Gasteiger charge is 2.25. The zero-order valence-corrected chi connectivity index (χ0v) is 12.6. The van der Waals surface area contributed by atoms with Crippen molar-refractivity contribution in [2.45, 2.75) is 65.0 Å². The van der Waals surface area contributed by atoms with Crippen LogP contribution in [0.5, 0.6) is 0 Å². The maximum Gasteiger partial charge on any atom is 0.186 e. The Morgan fingerprint density at radius 1 is 1.44 bits per heavy atom. The van der Waals surface area contributed by atoms with E-state index in [0.29, 0.717) is 18.5 Å². The van der Waals surface area contributed by atoms with Crippen molar-refractivity contribution in [1.29, 1.82) is 0 Å². The third-order valence-corrected chi connectivity index (χ3v) is 4.92. The van der Waals surface area contributed by atoms with Crippen LogP contribution in [-0.2, 0) is 6.54 Å². The van der Waals surface area contributed by atoms with E-state index in [9.17, 15) is 0 Å². The SMILES string of the molecule is CCC1CCCCN1c1nc(C(C)C)c(CN)s1. The van der Waals surface area contributed by atoms with Crippen LogP contribution in [0.3, 0.4) is 0 Å². The molecule has 1 aliphatic rings. The first-order valence-electron chi connectivity index (χ1n) is 7.13. The average Bonchev–Trinajstić information content (AvgIpc) is 2.82. The molecule has 0 aliphatic carbocycles. The number of nitrogens with two attached hydrogens (primary N) is 1. The van der Waals surface area contributed by atoms with Crippen molar-refractivity contribution >= 4 is 16.5 Å². The minimum atomic E-state index is 0.471. The second kappa shape index (κ2) is 6.02. The summed E-state index contributed by atoms with van der Waals surface area (Å²) in [5.74, 6) is 0.471. The lowest BCUT2D eigenvalue weighted by molar-refractivity contribution is 0.449. The van der Waals surface area contributed by atoms with Crippen LogP contribution in [0.15, 0.2) is 0 Å². The van der Waals surface area contributed by atoms with E-state index in [0.717, 1.165) is 6.54 Å². The van der Waals surface area contributed by atoms with Gasteiger partial charge in [-0.2, -0.15) is 0 Å². The fourth-order valence-electron chi connectivity index (χ4n) is 2.75. The van der Waals surface area contributed by atoms with Gasteiger partial charge in [0.05, 0.1) is 5.69 Å². The molecule has 1 unspecified atom stereocenters. The molecule has 0 radical (unpaired) electrons. The van der Waals surface area contributed by atoms with Crippen LogP contribution in [0.4, 0.5) is 5.13 Å². The first-order chi connectivity index (χ1) is 8.67. The molecule has 0 bridgehead atoms. The van der Waals surface area contributed by atoms with Gasteiger partial charge in [-0.1, -0.05) is 20.8 Å². The molecule has 0 amide bonds. The second-order valence-electron chi connectivity index (χ2n) is 5.41. The maximum absolute atomic E-state index is 5.85. The Morgan fingerprint density at radius 3 is 2.78 bits per heavy atom. The quantitative estimate of drug-likeness (QED) is 0.908. The van der Waals surface area contributed by atoms with Gasteiger partial charge in [0.15, 0.2) is 5.13 Å². The molecule has 2 heterocycles. The van der Waals surface area contributed by atoms with Crippen molar-refractivity contribution in [3.05, 3.63) is 10.6 Å². The molecular weight excluding hydrogens is 242 g/mol. The van der Waals surface area contributed by atoms with Crippen molar-refractivity contribution < 1.29 is 0 Å². The molecule has 0 aromatic carbocycles. The Balaban J connectivity index is 2.26. The van der Waals surface area contributed by atoms with Crippen molar-refractivity contribution in [3.63, 3.8) is 0 Å². The summed E-state index contributed by atoms with van der Waals surface area (Å²) in [6.45, 7) is 8.46. The van der Waals surface area contributed by atoms with Gasteiger partial charge in [0.25, 0.3) is 0 Å². The third kappa shape index (κ3) is 2.69. The third-order valence-electron chi connectivity index (χ3n) is 3.79. The first-order valence-corrected chi connectivity index (χ1v) is 7.95. The summed E-state index contributed by atoms with van der Waals surface area (Å²) >= 11 is 1.80. The largest absolute Gasteiger partial charge is 0.345 e. The molecule has 2 N–H and O–H groups in total. The van der Waals surface area contributed by atoms with Crippen molar-refractivity contribution in [3.8, 4) is 0 Å². The molecule has 1 saturated heterocycles. The lowest BCUT2D eigenvalue weighted by atomic mass is 10.0. The summed E-state index contributed by atoms with van der Waals surface area (Å²) in [6.07, 6.45) is 5.19. The molecule has 18 heavy (non-hydrogen) atoms. The van der Waals surface area contributed by atoms with E-state index in [2.05, 4.69) is 25.7 Å². The van der Waals surface area contributed by atoms with Crippen LogP contribution in [0, 0.1) is 0 Å². The van der Waals surface area contributed by atoms with Gasteiger partial charge >= 0.3 is 0 Å². The molecule has 1 fully saturated rings. The van der Waals surface area contributed by atoms with Crippen LogP contribution in [0.2, 0.25) is 0 Å². The molecule has 0 spiro atoms. The predicted octanol–water partition coefficient (Wildman–Crippen LogP) is 3.49. The molecule has 1 aromatic rings. The Kier molecular flexibility index (Phi) is 4.62. The number of thiazole rings is 1. The summed E-state index contributed by atoms with van der Waals surface area (Å²) < 4.78 is 0. The normalized spacial score (nSPS) is 20.7. The van der Waals surface area contributed by atoms with Crippen LogP contribution >= 0.6 is 11.3 Å². The van der Waals surface area contributed by atoms with Crippen LogP contribution < -0.4 is 10.6 Å². The van der Waals surface area contributed by atoms with Gasteiger partial charge < -0.3 is 10.6 Å². The lowest BCUT2D eigenvalue weighted by Crippen LogP contribution is -2.39. The highest BCUT2D eigenvalue weighted by atomic mass is 32.1.